The van der Waals surface area contributed by atoms with Gasteiger partial charge in [-0.1, -0.05) is 0 Å². The predicted octanol–water partition coefficient (Wildman–Crippen LogP) is 2.06. The van der Waals surface area contributed by atoms with E-state index in [1.54, 1.807) is 0 Å². The molecule has 104 valence electrons. The molecule has 1 aromatic rings. The van der Waals surface area contributed by atoms with Gasteiger partial charge in [-0.3, -0.25) is 10.1 Å². The molecule has 0 N–H and O–H groups in total. The standard InChI is InChI=1S/C12H16N2O5/c1-13(2)8-3-9-18-12(15)19-11-6-4-10(5-7-11)14(16)17/h4-7H,3,8-9H2,1-2H3. The highest BCUT2D eigenvalue weighted by molar-refractivity contribution is 5.63. The Bertz CT molecular complexity index is 430. The number of carbonyl (C=O) groups is 1. The van der Waals surface area contributed by atoms with Crippen LogP contribution in [0.4, 0.5) is 10.5 Å². The average molecular weight is 268 g/mol. The van der Waals surface area contributed by atoms with E-state index < -0.39 is 11.1 Å². The molecule has 0 atom stereocenters. The third-order valence-electron chi connectivity index (χ3n) is 2.22. The van der Waals surface area contributed by atoms with Crippen LogP contribution in [0.2, 0.25) is 0 Å². The Balaban J connectivity index is 2.34. The van der Waals surface area contributed by atoms with Crippen LogP contribution in [-0.2, 0) is 4.74 Å². The van der Waals surface area contributed by atoms with E-state index in [2.05, 4.69) is 0 Å². The fourth-order valence-electron chi connectivity index (χ4n) is 1.30. The monoisotopic (exact) mass is 268 g/mol. The lowest BCUT2D eigenvalue weighted by Gasteiger charge is -2.09. The molecule has 1 rings (SSSR count). The number of ether oxygens (including phenoxy) is 2. The molecule has 0 aliphatic carbocycles. The fraction of sp³-hybridized carbons (Fsp3) is 0.417. The third-order valence-corrected chi connectivity index (χ3v) is 2.22. The second kappa shape index (κ2) is 7.32. The molecule has 0 bridgehead atoms. The molecule has 0 fully saturated rings. The minimum Gasteiger partial charge on any atom is -0.434 e. The number of nitrogens with zero attached hydrogens (tertiary/aromatic N) is 2. The smallest absolute Gasteiger partial charge is 0.434 e. The highest BCUT2D eigenvalue weighted by atomic mass is 16.7. The SMILES string of the molecule is CN(C)CCCOC(=O)Oc1ccc([N+](=O)[O-])cc1. The first-order chi connectivity index (χ1) is 8.99. The summed E-state index contributed by atoms with van der Waals surface area (Å²) in [5.41, 5.74) is -0.0632. The van der Waals surface area contributed by atoms with Crippen molar-refractivity contribution in [1.82, 2.24) is 4.90 Å². The first-order valence-electron chi connectivity index (χ1n) is 5.73. The van der Waals surface area contributed by atoms with E-state index in [4.69, 9.17) is 9.47 Å². The lowest BCUT2D eigenvalue weighted by atomic mass is 10.3. The van der Waals surface area contributed by atoms with Gasteiger partial charge < -0.3 is 14.4 Å². The fourth-order valence-corrected chi connectivity index (χ4v) is 1.30. The van der Waals surface area contributed by atoms with Crippen molar-refractivity contribution in [3.8, 4) is 5.75 Å². The maximum absolute atomic E-state index is 11.3. The Kier molecular flexibility index (Phi) is 5.74. The van der Waals surface area contributed by atoms with Crippen LogP contribution in [0.1, 0.15) is 6.42 Å². The third kappa shape index (κ3) is 5.82. The zero-order valence-corrected chi connectivity index (χ0v) is 10.9. The van der Waals surface area contributed by atoms with Gasteiger partial charge >= 0.3 is 6.16 Å². The summed E-state index contributed by atoms with van der Waals surface area (Å²) in [6.07, 6.45) is -0.102. The summed E-state index contributed by atoms with van der Waals surface area (Å²) in [7, 11) is 3.85. The molecule has 0 saturated heterocycles. The van der Waals surface area contributed by atoms with Crippen molar-refractivity contribution in [1.29, 1.82) is 0 Å². The molecule has 0 aliphatic heterocycles. The quantitative estimate of drug-likeness (QED) is 0.258. The van der Waals surface area contributed by atoms with E-state index in [1.807, 2.05) is 19.0 Å². The minimum atomic E-state index is -0.812. The molecule has 0 aliphatic rings. The predicted molar refractivity (Wildman–Crippen MR) is 68.2 cm³/mol. The van der Waals surface area contributed by atoms with Gasteiger partial charge in [-0.2, -0.15) is 0 Å². The van der Waals surface area contributed by atoms with Gasteiger partial charge in [0, 0.05) is 18.7 Å². The van der Waals surface area contributed by atoms with Gasteiger partial charge in [0.05, 0.1) is 11.5 Å². The molecule has 7 nitrogen and oxygen atoms in total. The van der Waals surface area contributed by atoms with E-state index in [9.17, 15) is 14.9 Å². The van der Waals surface area contributed by atoms with E-state index >= 15 is 0 Å². The van der Waals surface area contributed by atoms with Gasteiger partial charge in [0.15, 0.2) is 0 Å². The summed E-state index contributed by atoms with van der Waals surface area (Å²) >= 11 is 0. The van der Waals surface area contributed by atoms with Crippen molar-refractivity contribution in [3.05, 3.63) is 34.4 Å². The molecule has 0 radical (unpaired) electrons. The zero-order valence-electron chi connectivity index (χ0n) is 10.9. The van der Waals surface area contributed by atoms with E-state index in [0.29, 0.717) is 6.42 Å². The zero-order chi connectivity index (χ0) is 14.3. The van der Waals surface area contributed by atoms with Crippen molar-refractivity contribution < 1.29 is 19.2 Å². The molecule has 1 aromatic carbocycles. The second-order valence-corrected chi connectivity index (χ2v) is 4.11. The van der Waals surface area contributed by atoms with Crippen LogP contribution < -0.4 is 4.74 Å². The van der Waals surface area contributed by atoms with Gasteiger partial charge in [-0.25, -0.2) is 4.79 Å². The Morgan fingerprint density at radius 3 is 2.47 bits per heavy atom. The van der Waals surface area contributed by atoms with Crippen molar-refractivity contribution >= 4 is 11.8 Å². The van der Waals surface area contributed by atoms with Crippen molar-refractivity contribution in [2.24, 2.45) is 0 Å². The van der Waals surface area contributed by atoms with Crippen LogP contribution in [0.5, 0.6) is 5.75 Å². The number of nitro groups is 1. The molecule has 19 heavy (non-hydrogen) atoms. The Hall–Kier alpha value is -2.15. The minimum absolute atomic E-state index is 0.0632. The molecule has 7 heteroatoms. The molecule has 0 spiro atoms. The van der Waals surface area contributed by atoms with Crippen LogP contribution in [0.3, 0.4) is 0 Å². The summed E-state index contributed by atoms with van der Waals surface area (Å²) in [5.74, 6) is 0.211. The highest BCUT2D eigenvalue weighted by Gasteiger charge is 2.08. The van der Waals surface area contributed by atoms with Gasteiger partial charge in [0.25, 0.3) is 5.69 Å². The van der Waals surface area contributed by atoms with Gasteiger partial charge in [0.2, 0.25) is 0 Å². The maximum Gasteiger partial charge on any atom is 0.513 e. The van der Waals surface area contributed by atoms with Crippen LogP contribution >= 0.6 is 0 Å². The summed E-state index contributed by atoms with van der Waals surface area (Å²) in [6, 6.07) is 5.21. The normalized spacial score (nSPS) is 10.3. The molecule has 0 unspecified atom stereocenters. The molecular weight excluding hydrogens is 252 g/mol. The van der Waals surface area contributed by atoms with Crippen molar-refractivity contribution in [2.75, 3.05) is 27.2 Å². The number of nitro benzene ring substituents is 1. The van der Waals surface area contributed by atoms with Crippen LogP contribution in [0.25, 0.3) is 0 Å². The summed E-state index contributed by atoms with van der Waals surface area (Å²) in [4.78, 5) is 23.2. The van der Waals surface area contributed by atoms with E-state index in [0.717, 1.165) is 6.54 Å². The Labute approximate surface area is 110 Å². The number of non-ortho nitro benzene ring substituents is 1. The summed E-state index contributed by atoms with van der Waals surface area (Å²) in [5, 5.41) is 10.4. The number of carbonyl (C=O) groups excluding carboxylic acids is 1. The van der Waals surface area contributed by atoms with Gasteiger partial charge in [0.1, 0.15) is 5.75 Å². The lowest BCUT2D eigenvalue weighted by molar-refractivity contribution is -0.384. The molecule has 0 heterocycles. The van der Waals surface area contributed by atoms with Crippen LogP contribution in [0, 0.1) is 10.1 Å². The number of hydrogen-bond donors (Lipinski definition) is 0. The molecular formula is C12H16N2O5. The van der Waals surface area contributed by atoms with Gasteiger partial charge in [-0.15, -0.1) is 0 Å². The van der Waals surface area contributed by atoms with E-state index in [-0.39, 0.29) is 18.0 Å². The highest BCUT2D eigenvalue weighted by Crippen LogP contribution is 2.17. The number of benzene rings is 1. The van der Waals surface area contributed by atoms with Gasteiger partial charge in [-0.05, 0) is 32.6 Å². The number of hydrogen-bond acceptors (Lipinski definition) is 6. The Morgan fingerprint density at radius 2 is 1.95 bits per heavy atom. The Morgan fingerprint density at radius 1 is 1.32 bits per heavy atom. The topological polar surface area (TPSA) is 81.9 Å². The first-order valence-corrected chi connectivity index (χ1v) is 5.73. The molecule has 0 amide bonds. The second-order valence-electron chi connectivity index (χ2n) is 4.11. The summed E-state index contributed by atoms with van der Waals surface area (Å²) < 4.78 is 9.71. The molecule has 0 saturated carbocycles. The van der Waals surface area contributed by atoms with Crippen molar-refractivity contribution in [3.63, 3.8) is 0 Å². The summed E-state index contributed by atoms with van der Waals surface area (Å²) in [6.45, 7) is 1.08. The largest absolute Gasteiger partial charge is 0.513 e. The lowest BCUT2D eigenvalue weighted by Crippen LogP contribution is -2.17. The van der Waals surface area contributed by atoms with Crippen LogP contribution in [0.15, 0.2) is 24.3 Å². The maximum atomic E-state index is 11.3. The van der Waals surface area contributed by atoms with Crippen LogP contribution in [-0.4, -0.2) is 43.2 Å². The average Bonchev–Trinajstić information content (AvgIpc) is 2.35. The van der Waals surface area contributed by atoms with E-state index in [1.165, 1.54) is 24.3 Å². The molecule has 0 aromatic heterocycles. The van der Waals surface area contributed by atoms with Crippen molar-refractivity contribution in [2.45, 2.75) is 6.42 Å². The number of rotatable bonds is 6. The first kappa shape index (κ1) is 14.9.